The first-order chi connectivity index (χ1) is 8.49. The van der Waals surface area contributed by atoms with Crippen LogP contribution in [0.3, 0.4) is 0 Å². The largest absolute Gasteiger partial charge is 0.317 e. The van der Waals surface area contributed by atoms with Gasteiger partial charge in [0.15, 0.2) is 0 Å². The second kappa shape index (κ2) is 5.26. The van der Waals surface area contributed by atoms with Gasteiger partial charge in [0.05, 0.1) is 5.56 Å². The average Bonchev–Trinajstić information content (AvgIpc) is 2.33. The third-order valence-electron chi connectivity index (χ3n) is 3.33. The summed E-state index contributed by atoms with van der Waals surface area (Å²) >= 11 is 0. The Balaban J connectivity index is 2.15. The van der Waals surface area contributed by atoms with Crippen LogP contribution in [-0.2, 0) is 5.92 Å². The number of hydrogen-bond acceptors (Lipinski definition) is 1. The molecule has 1 aromatic rings. The summed E-state index contributed by atoms with van der Waals surface area (Å²) in [6, 6.07) is 2.19. The lowest BCUT2D eigenvalue weighted by atomic mass is 9.89. The van der Waals surface area contributed by atoms with E-state index < -0.39 is 29.5 Å². The molecule has 0 amide bonds. The molecule has 0 spiro atoms. The van der Waals surface area contributed by atoms with Crippen molar-refractivity contribution in [1.29, 1.82) is 0 Å². The van der Waals surface area contributed by atoms with Crippen molar-refractivity contribution in [3.63, 3.8) is 0 Å². The highest BCUT2D eigenvalue weighted by molar-refractivity contribution is 5.23. The Labute approximate surface area is 103 Å². The Kier molecular flexibility index (Phi) is 3.90. The zero-order chi connectivity index (χ0) is 13.2. The van der Waals surface area contributed by atoms with Crippen molar-refractivity contribution in [3.8, 4) is 0 Å². The van der Waals surface area contributed by atoms with Crippen molar-refractivity contribution in [3.05, 3.63) is 35.4 Å². The molecule has 1 N–H and O–H groups in total. The lowest BCUT2D eigenvalue weighted by Gasteiger charge is -2.27. The number of rotatable bonds is 3. The maximum atomic E-state index is 14.0. The molecular formula is C13H15F4N. The second-order valence-corrected chi connectivity index (χ2v) is 4.73. The lowest BCUT2D eigenvalue weighted by Crippen LogP contribution is -2.31. The Morgan fingerprint density at radius 2 is 1.83 bits per heavy atom. The van der Waals surface area contributed by atoms with E-state index in [0.717, 1.165) is 12.1 Å². The van der Waals surface area contributed by atoms with Crippen molar-refractivity contribution in [2.45, 2.75) is 25.2 Å². The first kappa shape index (κ1) is 13.3. The summed E-state index contributed by atoms with van der Waals surface area (Å²) in [6.45, 7) is 1.40. The highest BCUT2D eigenvalue weighted by Gasteiger charge is 2.37. The summed E-state index contributed by atoms with van der Waals surface area (Å²) in [5, 5.41) is 3.08. The number of piperidine rings is 1. The van der Waals surface area contributed by atoms with Crippen LogP contribution in [0.15, 0.2) is 18.2 Å². The topological polar surface area (TPSA) is 12.0 Å². The van der Waals surface area contributed by atoms with E-state index in [1.807, 2.05) is 0 Å². The minimum Gasteiger partial charge on any atom is -0.317 e. The summed E-state index contributed by atoms with van der Waals surface area (Å²) < 4.78 is 54.2. The predicted molar refractivity (Wildman–Crippen MR) is 60.5 cm³/mol. The van der Waals surface area contributed by atoms with Gasteiger partial charge in [-0.3, -0.25) is 0 Å². The number of hydrogen-bond donors (Lipinski definition) is 1. The third kappa shape index (κ3) is 3.02. The van der Waals surface area contributed by atoms with Gasteiger partial charge in [0.1, 0.15) is 11.6 Å². The van der Waals surface area contributed by atoms with Crippen LogP contribution in [0, 0.1) is 17.6 Å². The second-order valence-electron chi connectivity index (χ2n) is 4.73. The summed E-state index contributed by atoms with van der Waals surface area (Å²) in [5.41, 5.74) is -0.832. The molecule has 0 saturated carbocycles. The summed E-state index contributed by atoms with van der Waals surface area (Å²) in [6.07, 6.45) is 0.869. The maximum Gasteiger partial charge on any atom is 0.276 e. The number of alkyl halides is 2. The molecule has 1 aromatic carbocycles. The minimum atomic E-state index is -3.31. The quantitative estimate of drug-likeness (QED) is 0.822. The van der Waals surface area contributed by atoms with Gasteiger partial charge in [0.2, 0.25) is 0 Å². The molecule has 1 saturated heterocycles. The molecule has 0 aliphatic carbocycles. The fraction of sp³-hybridized carbons (Fsp3) is 0.538. The molecule has 0 radical (unpaired) electrons. The van der Waals surface area contributed by atoms with Gasteiger partial charge in [0.25, 0.3) is 5.92 Å². The minimum absolute atomic E-state index is 0.149. The van der Waals surface area contributed by atoms with Crippen LogP contribution < -0.4 is 5.32 Å². The number of halogens is 4. The molecule has 0 bridgehead atoms. The molecule has 1 nitrogen and oxygen atoms in total. The highest BCUT2D eigenvalue weighted by Crippen LogP contribution is 2.38. The average molecular weight is 261 g/mol. The molecule has 0 atom stereocenters. The SMILES string of the molecule is Fc1ccc(F)c(C(F)(F)CC2CCNCC2)c1. The van der Waals surface area contributed by atoms with Crippen LogP contribution in [0.1, 0.15) is 24.8 Å². The third-order valence-corrected chi connectivity index (χ3v) is 3.33. The van der Waals surface area contributed by atoms with Crippen LogP contribution in [0.2, 0.25) is 0 Å². The fourth-order valence-electron chi connectivity index (χ4n) is 2.34. The molecule has 18 heavy (non-hydrogen) atoms. The monoisotopic (exact) mass is 261 g/mol. The van der Waals surface area contributed by atoms with Gasteiger partial charge in [-0.05, 0) is 50.0 Å². The lowest BCUT2D eigenvalue weighted by molar-refractivity contribution is -0.0359. The van der Waals surface area contributed by atoms with Crippen molar-refractivity contribution < 1.29 is 17.6 Å². The van der Waals surface area contributed by atoms with E-state index in [-0.39, 0.29) is 5.92 Å². The number of benzene rings is 1. The van der Waals surface area contributed by atoms with E-state index in [1.165, 1.54) is 0 Å². The summed E-state index contributed by atoms with van der Waals surface area (Å²) in [4.78, 5) is 0. The zero-order valence-electron chi connectivity index (χ0n) is 9.86. The normalized spacial score (nSPS) is 18.0. The van der Waals surface area contributed by atoms with Gasteiger partial charge in [-0.1, -0.05) is 0 Å². The molecule has 1 heterocycles. The molecule has 0 unspecified atom stereocenters. The molecule has 1 aliphatic rings. The first-order valence-corrected chi connectivity index (χ1v) is 6.03. The van der Waals surface area contributed by atoms with Crippen LogP contribution in [0.25, 0.3) is 0 Å². The van der Waals surface area contributed by atoms with E-state index in [0.29, 0.717) is 32.0 Å². The van der Waals surface area contributed by atoms with Crippen LogP contribution >= 0.6 is 0 Å². The Hall–Kier alpha value is -1.10. The van der Waals surface area contributed by atoms with E-state index in [4.69, 9.17) is 0 Å². The van der Waals surface area contributed by atoms with E-state index in [1.54, 1.807) is 0 Å². The van der Waals surface area contributed by atoms with Crippen molar-refractivity contribution in [1.82, 2.24) is 5.32 Å². The van der Waals surface area contributed by atoms with Gasteiger partial charge in [-0.2, -0.15) is 0 Å². The Morgan fingerprint density at radius 1 is 1.17 bits per heavy atom. The molecule has 0 aromatic heterocycles. The molecule has 5 heteroatoms. The van der Waals surface area contributed by atoms with E-state index in [2.05, 4.69) is 5.32 Å². The molecule has 1 fully saturated rings. The molecule has 100 valence electrons. The van der Waals surface area contributed by atoms with Gasteiger partial charge in [-0.25, -0.2) is 17.6 Å². The first-order valence-electron chi connectivity index (χ1n) is 6.03. The Morgan fingerprint density at radius 3 is 2.50 bits per heavy atom. The van der Waals surface area contributed by atoms with Crippen molar-refractivity contribution in [2.75, 3.05) is 13.1 Å². The smallest absolute Gasteiger partial charge is 0.276 e. The van der Waals surface area contributed by atoms with Gasteiger partial charge in [0, 0.05) is 6.42 Å². The molecule has 1 aliphatic heterocycles. The standard InChI is InChI=1S/C13H15F4N/c14-10-1-2-12(15)11(7-10)13(16,17)8-9-3-5-18-6-4-9/h1-2,7,9,18H,3-6,8H2. The van der Waals surface area contributed by atoms with Crippen molar-refractivity contribution in [2.24, 2.45) is 5.92 Å². The van der Waals surface area contributed by atoms with Gasteiger partial charge in [-0.15, -0.1) is 0 Å². The molecular weight excluding hydrogens is 246 g/mol. The fourth-order valence-corrected chi connectivity index (χ4v) is 2.34. The molecule has 2 rings (SSSR count). The van der Waals surface area contributed by atoms with E-state index >= 15 is 0 Å². The van der Waals surface area contributed by atoms with Crippen LogP contribution in [0.4, 0.5) is 17.6 Å². The zero-order valence-corrected chi connectivity index (χ0v) is 9.86. The van der Waals surface area contributed by atoms with Crippen LogP contribution in [0.5, 0.6) is 0 Å². The predicted octanol–water partition coefficient (Wildman–Crippen LogP) is 3.45. The van der Waals surface area contributed by atoms with Gasteiger partial charge < -0.3 is 5.32 Å². The number of nitrogens with one attached hydrogen (secondary N) is 1. The Bertz CT molecular complexity index is 413. The van der Waals surface area contributed by atoms with Crippen molar-refractivity contribution >= 4 is 0 Å². The maximum absolute atomic E-state index is 14.0. The van der Waals surface area contributed by atoms with E-state index in [9.17, 15) is 17.6 Å². The highest BCUT2D eigenvalue weighted by atomic mass is 19.3. The van der Waals surface area contributed by atoms with Crippen LogP contribution in [-0.4, -0.2) is 13.1 Å². The summed E-state index contributed by atoms with van der Waals surface area (Å²) in [7, 11) is 0. The summed E-state index contributed by atoms with van der Waals surface area (Å²) in [5.74, 6) is -5.34. The van der Waals surface area contributed by atoms with Gasteiger partial charge >= 0.3 is 0 Å².